The van der Waals surface area contributed by atoms with Gasteiger partial charge in [0.05, 0.1) is 20.3 Å². The summed E-state index contributed by atoms with van der Waals surface area (Å²) in [5, 5.41) is 16.9. The number of aromatic nitrogens is 2. The van der Waals surface area contributed by atoms with E-state index in [0.29, 0.717) is 30.3 Å². The van der Waals surface area contributed by atoms with Crippen molar-refractivity contribution in [3.8, 4) is 17.2 Å². The molecule has 2 heterocycles. The van der Waals surface area contributed by atoms with Crippen molar-refractivity contribution < 1.29 is 19.4 Å². The molecule has 0 bridgehead atoms. The third-order valence-corrected chi connectivity index (χ3v) is 4.94. The first-order valence-corrected chi connectivity index (χ1v) is 9.77. The number of carbonyl (C=O) groups is 1. The molecule has 0 atom stereocenters. The van der Waals surface area contributed by atoms with Crippen LogP contribution in [0.2, 0.25) is 0 Å². The highest BCUT2D eigenvalue weighted by Gasteiger charge is 2.19. The monoisotopic (exact) mass is 422 g/mol. The molecule has 1 saturated heterocycles. The Morgan fingerprint density at radius 2 is 1.84 bits per heavy atom. The summed E-state index contributed by atoms with van der Waals surface area (Å²) < 4.78 is 11.7. The minimum atomic E-state index is -0.639. The van der Waals surface area contributed by atoms with Gasteiger partial charge in [-0.1, -0.05) is 12.1 Å². The molecule has 0 saturated carbocycles. The summed E-state index contributed by atoms with van der Waals surface area (Å²) in [6.45, 7) is 3.00. The molecule has 3 aromatic rings. The van der Waals surface area contributed by atoms with Crippen LogP contribution in [-0.2, 0) is 4.74 Å². The highest BCUT2D eigenvalue weighted by atomic mass is 16.5. The Balaban J connectivity index is 1.58. The number of morpholine rings is 1. The lowest BCUT2D eigenvalue weighted by atomic mass is 10.2. The van der Waals surface area contributed by atoms with E-state index in [-0.39, 0.29) is 5.69 Å². The second kappa shape index (κ2) is 8.88. The first-order chi connectivity index (χ1) is 15.1. The van der Waals surface area contributed by atoms with Crippen molar-refractivity contribution in [2.45, 2.75) is 0 Å². The van der Waals surface area contributed by atoms with Gasteiger partial charge in [0.25, 0.3) is 11.5 Å². The minimum Gasteiger partial charge on any atom is -0.505 e. The number of anilines is 2. The highest BCUT2D eigenvalue weighted by Crippen LogP contribution is 2.23. The van der Waals surface area contributed by atoms with Crippen molar-refractivity contribution in [2.24, 2.45) is 0 Å². The number of hydrogen-bond acceptors (Lipinski definition) is 7. The molecule has 1 aliphatic heterocycles. The number of aromatic hydroxyl groups is 1. The van der Waals surface area contributed by atoms with E-state index >= 15 is 0 Å². The van der Waals surface area contributed by atoms with Crippen LogP contribution in [-0.4, -0.2) is 54.2 Å². The molecule has 0 aliphatic carbocycles. The zero-order valence-electron chi connectivity index (χ0n) is 16.9. The van der Waals surface area contributed by atoms with E-state index in [1.54, 1.807) is 36.4 Å². The van der Waals surface area contributed by atoms with Gasteiger partial charge in [0.2, 0.25) is 0 Å². The summed E-state index contributed by atoms with van der Waals surface area (Å²) in [5.41, 5.74) is 1.07. The van der Waals surface area contributed by atoms with Gasteiger partial charge in [0.1, 0.15) is 11.4 Å². The number of nitrogens with zero attached hydrogens (tertiary/aromatic N) is 3. The third-order valence-electron chi connectivity index (χ3n) is 4.94. The fourth-order valence-corrected chi connectivity index (χ4v) is 3.35. The molecule has 160 valence electrons. The van der Waals surface area contributed by atoms with E-state index < -0.39 is 17.2 Å². The maximum absolute atomic E-state index is 12.8. The summed E-state index contributed by atoms with van der Waals surface area (Å²) >= 11 is 0. The van der Waals surface area contributed by atoms with Crippen LogP contribution >= 0.6 is 0 Å². The first-order valence-electron chi connectivity index (χ1n) is 9.77. The number of carbonyl (C=O) groups excluding carboxylic acids is 1. The van der Waals surface area contributed by atoms with Crippen LogP contribution in [0.4, 0.5) is 11.4 Å². The van der Waals surface area contributed by atoms with Crippen LogP contribution in [0.3, 0.4) is 0 Å². The molecule has 0 unspecified atom stereocenters. The number of para-hydroxylation sites is 2. The smallest absolute Gasteiger partial charge is 0.279 e. The molecule has 1 aliphatic rings. The van der Waals surface area contributed by atoms with Gasteiger partial charge in [0.15, 0.2) is 11.4 Å². The standard InChI is InChI=1S/C22H22N4O5/c1-30-19-5-3-2-4-17(19)26-20(28)14-18(27)21(24-26)22(29)23-15-6-8-16(9-7-15)25-10-12-31-13-11-25/h2-9,14,27H,10-13H2,1H3,(H,23,29). The molecular formula is C22H22N4O5. The van der Waals surface area contributed by atoms with Gasteiger partial charge in [-0.3, -0.25) is 9.59 Å². The Labute approximate surface area is 178 Å². The van der Waals surface area contributed by atoms with Gasteiger partial charge in [0, 0.05) is 30.5 Å². The normalized spacial score (nSPS) is 13.6. The number of nitrogens with one attached hydrogen (secondary N) is 1. The van der Waals surface area contributed by atoms with E-state index in [2.05, 4.69) is 15.3 Å². The van der Waals surface area contributed by atoms with Crippen molar-refractivity contribution in [3.63, 3.8) is 0 Å². The molecule has 0 radical (unpaired) electrons. The molecule has 1 amide bonds. The maximum atomic E-state index is 12.8. The van der Waals surface area contributed by atoms with Gasteiger partial charge in [-0.2, -0.15) is 9.78 Å². The predicted molar refractivity (Wildman–Crippen MR) is 115 cm³/mol. The Morgan fingerprint density at radius 1 is 1.13 bits per heavy atom. The molecular weight excluding hydrogens is 400 g/mol. The average Bonchev–Trinajstić information content (AvgIpc) is 2.80. The van der Waals surface area contributed by atoms with Gasteiger partial charge < -0.3 is 24.8 Å². The Hall–Kier alpha value is -3.85. The average molecular weight is 422 g/mol. The second-order valence-corrected chi connectivity index (χ2v) is 6.90. The van der Waals surface area contributed by atoms with Crippen LogP contribution in [0.1, 0.15) is 10.5 Å². The van der Waals surface area contributed by atoms with Gasteiger partial charge in [-0.25, -0.2) is 0 Å². The molecule has 0 spiro atoms. The van der Waals surface area contributed by atoms with Gasteiger partial charge in [-0.05, 0) is 36.4 Å². The lowest BCUT2D eigenvalue weighted by Gasteiger charge is -2.28. The van der Waals surface area contributed by atoms with Crippen LogP contribution in [0, 0.1) is 0 Å². The summed E-state index contributed by atoms with van der Waals surface area (Å²) in [6, 6.07) is 15.1. The van der Waals surface area contributed by atoms with Crippen molar-refractivity contribution in [2.75, 3.05) is 43.6 Å². The fraction of sp³-hybridized carbons (Fsp3) is 0.227. The Bertz CT molecular complexity index is 1140. The van der Waals surface area contributed by atoms with Crippen molar-refractivity contribution >= 4 is 17.3 Å². The second-order valence-electron chi connectivity index (χ2n) is 6.90. The molecule has 1 aromatic heterocycles. The molecule has 31 heavy (non-hydrogen) atoms. The summed E-state index contributed by atoms with van der Waals surface area (Å²) in [4.78, 5) is 27.3. The zero-order chi connectivity index (χ0) is 21.8. The lowest BCUT2D eigenvalue weighted by Crippen LogP contribution is -2.36. The SMILES string of the molecule is COc1ccccc1-n1nc(C(=O)Nc2ccc(N3CCOCC3)cc2)c(O)cc1=O. The number of amides is 1. The van der Waals surface area contributed by atoms with E-state index in [4.69, 9.17) is 9.47 Å². The fourth-order valence-electron chi connectivity index (χ4n) is 3.35. The van der Waals surface area contributed by atoms with E-state index in [0.717, 1.165) is 29.5 Å². The summed E-state index contributed by atoms with van der Waals surface area (Å²) in [5.74, 6) is -0.730. The number of rotatable bonds is 5. The molecule has 1 fully saturated rings. The highest BCUT2D eigenvalue weighted by molar-refractivity contribution is 6.04. The van der Waals surface area contributed by atoms with Crippen molar-refractivity contribution in [3.05, 3.63) is 70.6 Å². The first kappa shape index (κ1) is 20.4. The molecule has 4 rings (SSSR count). The van der Waals surface area contributed by atoms with Gasteiger partial charge in [-0.15, -0.1) is 0 Å². The Morgan fingerprint density at radius 3 is 2.55 bits per heavy atom. The Kier molecular flexibility index (Phi) is 5.85. The van der Waals surface area contributed by atoms with Crippen LogP contribution in [0.5, 0.6) is 11.5 Å². The largest absolute Gasteiger partial charge is 0.505 e. The summed E-state index contributed by atoms with van der Waals surface area (Å²) in [7, 11) is 1.47. The third kappa shape index (κ3) is 4.36. The zero-order valence-corrected chi connectivity index (χ0v) is 16.9. The van der Waals surface area contributed by atoms with Crippen molar-refractivity contribution in [1.29, 1.82) is 0 Å². The number of hydrogen-bond donors (Lipinski definition) is 2. The predicted octanol–water partition coefficient (Wildman–Crippen LogP) is 2.04. The van der Waals surface area contributed by atoms with Crippen LogP contribution < -0.4 is 20.5 Å². The molecule has 2 aromatic carbocycles. The van der Waals surface area contributed by atoms with Gasteiger partial charge >= 0.3 is 0 Å². The molecule has 2 N–H and O–H groups in total. The van der Waals surface area contributed by atoms with Crippen LogP contribution in [0.15, 0.2) is 59.4 Å². The molecule has 9 heteroatoms. The summed E-state index contributed by atoms with van der Waals surface area (Å²) in [6.07, 6.45) is 0. The number of ether oxygens (including phenoxy) is 2. The van der Waals surface area contributed by atoms with Crippen LogP contribution in [0.25, 0.3) is 5.69 Å². The number of methoxy groups -OCH3 is 1. The van der Waals surface area contributed by atoms with E-state index in [9.17, 15) is 14.7 Å². The quantitative estimate of drug-likeness (QED) is 0.648. The van der Waals surface area contributed by atoms with E-state index in [1.807, 2.05) is 12.1 Å². The van der Waals surface area contributed by atoms with E-state index in [1.165, 1.54) is 7.11 Å². The molecule has 9 nitrogen and oxygen atoms in total. The lowest BCUT2D eigenvalue weighted by molar-refractivity contribution is 0.101. The topological polar surface area (TPSA) is 106 Å². The van der Waals surface area contributed by atoms with Crippen molar-refractivity contribution in [1.82, 2.24) is 9.78 Å². The minimum absolute atomic E-state index is 0.275. The maximum Gasteiger partial charge on any atom is 0.279 e. The number of benzene rings is 2.